The molecule has 0 heterocycles. The first-order valence-electron chi connectivity index (χ1n) is 5.18. The Morgan fingerprint density at radius 2 is 1.88 bits per heavy atom. The van der Waals surface area contributed by atoms with Crippen molar-refractivity contribution < 1.29 is 19.5 Å². The van der Waals surface area contributed by atoms with Gasteiger partial charge in [0.15, 0.2) is 0 Å². The van der Waals surface area contributed by atoms with Crippen LogP contribution in [0, 0.1) is 0 Å². The molecule has 1 aromatic carbocycles. The highest BCUT2D eigenvalue weighted by Gasteiger charge is 2.04. The Hall–Kier alpha value is -2.17. The summed E-state index contributed by atoms with van der Waals surface area (Å²) < 4.78 is 0. The maximum Gasteiger partial charge on any atom is 0.303 e. The minimum atomic E-state index is -0.880. The number of hydrogen-bond acceptors (Lipinski definition) is 3. The van der Waals surface area contributed by atoms with Crippen LogP contribution in [0.3, 0.4) is 0 Å². The monoisotopic (exact) mass is 235 g/mol. The van der Waals surface area contributed by atoms with E-state index >= 15 is 0 Å². The number of rotatable bonds is 6. The summed E-state index contributed by atoms with van der Waals surface area (Å²) in [5.74, 6) is -1.15. The van der Waals surface area contributed by atoms with Crippen molar-refractivity contribution in [2.24, 2.45) is 0 Å². The highest BCUT2D eigenvalue weighted by atomic mass is 16.4. The van der Waals surface area contributed by atoms with Gasteiger partial charge in [-0.1, -0.05) is 12.1 Å². The lowest BCUT2D eigenvalue weighted by Gasteiger charge is -2.04. The smallest absolute Gasteiger partial charge is 0.303 e. The molecule has 0 atom stereocenters. The van der Waals surface area contributed by atoms with Crippen molar-refractivity contribution in [3.63, 3.8) is 0 Å². The first-order chi connectivity index (χ1) is 8.13. The van der Waals surface area contributed by atoms with Gasteiger partial charge in [-0.25, -0.2) is 0 Å². The second-order valence-corrected chi connectivity index (χ2v) is 3.49. The summed E-state index contributed by atoms with van der Waals surface area (Å²) in [5, 5.41) is 11.0. The van der Waals surface area contributed by atoms with Gasteiger partial charge in [0.05, 0.1) is 0 Å². The molecule has 90 valence electrons. The fourth-order valence-electron chi connectivity index (χ4n) is 1.26. The molecule has 0 radical (unpaired) electrons. The topological polar surface area (TPSA) is 83.5 Å². The normalized spacial score (nSPS) is 9.65. The molecule has 0 fully saturated rings. The van der Waals surface area contributed by atoms with Crippen molar-refractivity contribution >= 4 is 18.2 Å². The molecular weight excluding hydrogens is 222 g/mol. The van der Waals surface area contributed by atoms with E-state index in [-0.39, 0.29) is 12.3 Å². The molecule has 0 aliphatic carbocycles. The lowest BCUT2D eigenvalue weighted by molar-refractivity contribution is -0.137. The first kappa shape index (κ1) is 12.9. The van der Waals surface area contributed by atoms with Gasteiger partial charge in [0, 0.05) is 24.1 Å². The Kier molecular flexibility index (Phi) is 4.87. The average molecular weight is 235 g/mol. The lowest BCUT2D eigenvalue weighted by atomic mass is 10.1. The summed E-state index contributed by atoms with van der Waals surface area (Å²) in [4.78, 5) is 32.2. The van der Waals surface area contributed by atoms with Crippen molar-refractivity contribution in [2.75, 3.05) is 6.54 Å². The Bertz CT molecular complexity index is 411. The van der Waals surface area contributed by atoms with Gasteiger partial charge in [0.1, 0.15) is 6.29 Å². The number of carboxylic acid groups (broad SMARTS) is 1. The number of carboxylic acids is 1. The van der Waals surface area contributed by atoms with E-state index < -0.39 is 5.97 Å². The molecule has 1 amide bonds. The Balaban J connectivity index is 2.41. The molecule has 0 aliphatic heterocycles. The van der Waals surface area contributed by atoms with Gasteiger partial charge in [-0.15, -0.1) is 0 Å². The number of aldehydes is 1. The molecular formula is C12H13NO4. The number of amides is 1. The third kappa shape index (κ3) is 4.46. The van der Waals surface area contributed by atoms with Crippen LogP contribution in [0.15, 0.2) is 24.3 Å². The summed E-state index contributed by atoms with van der Waals surface area (Å²) in [6.45, 7) is 0.320. The molecule has 0 spiro atoms. The largest absolute Gasteiger partial charge is 0.481 e. The number of aliphatic carboxylic acids is 1. The zero-order valence-corrected chi connectivity index (χ0v) is 9.18. The van der Waals surface area contributed by atoms with Gasteiger partial charge in [0.2, 0.25) is 0 Å². The van der Waals surface area contributed by atoms with Crippen LogP contribution in [0.4, 0.5) is 0 Å². The van der Waals surface area contributed by atoms with Crippen molar-refractivity contribution in [3.8, 4) is 0 Å². The van der Waals surface area contributed by atoms with E-state index in [4.69, 9.17) is 5.11 Å². The molecule has 0 unspecified atom stereocenters. The van der Waals surface area contributed by atoms with Gasteiger partial charge in [-0.05, 0) is 18.6 Å². The predicted octanol–water partition coefficient (Wildman–Crippen LogP) is 1.09. The van der Waals surface area contributed by atoms with Crippen LogP contribution in [0.25, 0.3) is 0 Å². The van der Waals surface area contributed by atoms with Gasteiger partial charge >= 0.3 is 5.97 Å². The van der Waals surface area contributed by atoms with Crippen LogP contribution < -0.4 is 5.32 Å². The second kappa shape index (κ2) is 6.42. The summed E-state index contributed by atoms with van der Waals surface area (Å²) in [6.07, 6.45) is 1.13. The zero-order valence-electron chi connectivity index (χ0n) is 9.18. The molecule has 1 aromatic rings. The van der Waals surface area contributed by atoms with Gasteiger partial charge < -0.3 is 10.4 Å². The number of nitrogens with one attached hydrogen (secondary N) is 1. The standard InChI is InChI=1S/C12H13NO4/c14-8-9-3-5-10(6-4-9)12(17)13-7-1-2-11(15)16/h3-6,8H,1-2,7H2,(H,13,17)(H,15,16). The van der Waals surface area contributed by atoms with Crippen molar-refractivity contribution in [3.05, 3.63) is 35.4 Å². The summed E-state index contributed by atoms with van der Waals surface area (Å²) in [6, 6.07) is 6.21. The number of hydrogen-bond donors (Lipinski definition) is 2. The van der Waals surface area contributed by atoms with E-state index in [1.54, 1.807) is 24.3 Å². The van der Waals surface area contributed by atoms with E-state index in [1.807, 2.05) is 0 Å². The average Bonchev–Trinajstić information content (AvgIpc) is 2.34. The number of carbonyl (C=O) groups is 3. The molecule has 0 aromatic heterocycles. The Morgan fingerprint density at radius 3 is 2.41 bits per heavy atom. The SMILES string of the molecule is O=Cc1ccc(C(=O)NCCCC(=O)O)cc1. The van der Waals surface area contributed by atoms with Crippen LogP contribution >= 0.6 is 0 Å². The molecule has 0 saturated carbocycles. The quantitative estimate of drug-likeness (QED) is 0.571. The molecule has 17 heavy (non-hydrogen) atoms. The highest BCUT2D eigenvalue weighted by molar-refractivity contribution is 5.94. The Morgan fingerprint density at radius 1 is 1.24 bits per heavy atom. The van der Waals surface area contributed by atoms with E-state index in [1.165, 1.54) is 0 Å². The maximum atomic E-state index is 11.5. The van der Waals surface area contributed by atoms with Crippen LogP contribution in [0.1, 0.15) is 33.6 Å². The van der Waals surface area contributed by atoms with Gasteiger partial charge in [-0.3, -0.25) is 14.4 Å². The molecule has 0 bridgehead atoms. The number of benzene rings is 1. The molecule has 0 saturated heterocycles. The number of carbonyl (C=O) groups excluding carboxylic acids is 2. The van der Waals surface area contributed by atoms with Crippen molar-refractivity contribution in [2.45, 2.75) is 12.8 Å². The summed E-state index contributed by atoms with van der Waals surface area (Å²) in [7, 11) is 0. The first-order valence-corrected chi connectivity index (χ1v) is 5.18. The molecule has 0 aliphatic rings. The van der Waals surface area contributed by atoms with Crippen LogP contribution in [0.2, 0.25) is 0 Å². The molecule has 5 heteroatoms. The lowest BCUT2D eigenvalue weighted by Crippen LogP contribution is -2.24. The minimum absolute atomic E-state index is 0.0321. The molecule has 1 rings (SSSR count). The van der Waals surface area contributed by atoms with Crippen molar-refractivity contribution in [1.82, 2.24) is 5.32 Å². The third-order valence-electron chi connectivity index (χ3n) is 2.16. The Labute approximate surface area is 98.4 Å². The van der Waals surface area contributed by atoms with E-state index in [0.717, 1.165) is 0 Å². The molecule has 2 N–H and O–H groups in total. The maximum absolute atomic E-state index is 11.5. The van der Waals surface area contributed by atoms with Crippen LogP contribution in [-0.4, -0.2) is 29.8 Å². The minimum Gasteiger partial charge on any atom is -0.481 e. The van der Waals surface area contributed by atoms with Gasteiger partial charge in [0.25, 0.3) is 5.91 Å². The van der Waals surface area contributed by atoms with Crippen LogP contribution in [0.5, 0.6) is 0 Å². The van der Waals surface area contributed by atoms with E-state index in [9.17, 15) is 14.4 Å². The molecule has 5 nitrogen and oxygen atoms in total. The highest BCUT2D eigenvalue weighted by Crippen LogP contribution is 2.02. The fraction of sp³-hybridized carbons (Fsp3) is 0.250. The van der Waals surface area contributed by atoms with Gasteiger partial charge in [-0.2, -0.15) is 0 Å². The summed E-state index contributed by atoms with van der Waals surface area (Å²) >= 11 is 0. The van der Waals surface area contributed by atoms with Crippen LogP contribution in [-0.2, 0) is 4.79 Å². The fourth-order valence-corrected chi connectivity index (χ4v) is 1.26. The second-order valence-electron chi connectivity index (χ2n) is 3.49. The third-order valence-corrected chi connectivity index (χ3v) is 2.16. The van der Waals surface area contributed by atoms with E-state index in [0.29, 0.717) is 30.4 Å². The summed E-state index contributed by atoms with van der Waals surface area (Å²) in [5.41, 5.74) is 0.957. The van der Waals surface area contributed by atoms with Crippen molar-refractivity contribution in [1.29, 1.82) is 0 Å². The predicted molar refractivity (Wildman–Crippen MR) is 61.0 cm³/mol. The zero-order chi connectivity index (χ0) is 12.7. The van der Waals surface area contributed by atoms with E-state index in [2.05, 4.69) is 5.32 Å².